The number of anilines is 1. The molecule has 0 radical (unpaired) electrons. The Morgan fingerprint density at radius 2 is 2.00 bits per heavy atom. The highest BCUT2D eigenvalue weighted by atomic mass is 35.5. The maximum atomic E-state index is 11.1. The van der Waals surface area contributed by atoms with Crippen molar-refractivity contribution in [3.05, 3.63) is 53.1 Å². The van der Waals surface area contributed by atoms with E-state index in [1.165, 1.54) is 14.0 Å². The molecule has 0 unspecified atom stereocenters. The summed E-state index contributed by atoms with van der Waals surface area (Å²) >= 11 is 6.11. The fraction of sp³-hybridized carbons (Fsp3) is 0.125. The Labute approximate surface area is 133 Å². The molecule has 1 N–H and O–H groups in total. The molecule has 2 aromatic carbocycles. The molecular weight excluding hydrogens is 304 g/mol. The summed E-state index contributed by atoms with van der Waals surface area (Å²) in [5.74, 6) is 0.0982. The number of methoxy groups -OCH3 is 1. The molecule has 2 aromatic rings. The highest BCUT2D eigenvalue weighted by molar-refractivity contribution is 6.32. The number of rotatable bonds is 5. The van der Waals surface area contributed by atoms with Crippen LogP contribution in [0.15, 0.2) is 47.6 Å². The highest BCUT2D eigenvalue weighted by Crippen LogP contribution is 2.36. The summed E-state index contributed by atoms with van der Waals surface area (Å²) in [7, 11) is 1.47. The molecule has 0 saturated carbocycles. The lowest BCUT2D eigenvalue weighted by Gasteiger charge is -2.10. The first-order chi connectivity index (χ1) is 10.6. The first kappa shape index (κ1) is 15.9. The number of carbonyl (C=O) groups is 1. The standard InChI is InChI=1S/C16H15ClN2O3/c1-11(20)22-16-14(17)8-12(9-15(16)21-2)10-18-19-13-6-4-3-5-7-13/h3-10,19H,1-2H3. The van der Waals surface area contributed by atoms with Crippen molar-refractivity contribution in [3.8, 4) is 11.5 Å². The third-order valence-corrected chi connectivity index (χ3v) is 2.96. The zero-order chi connectivity index (χ0) is 15.9. The SMILES string of the molecule is COc1cc(C=NNc2ccccc2)cc(Cl)c1OC(C)=O. The minimum Gasteiger partial charge on any atom is -0.493 e. The van der Waals surface area contributed by atoms with Crippen LogP contribution in [0, 0.1) is 0 Å². The van der Waals surface area contributed by atoms with Gasteiger partial charge in [-0.3, -0.25) is 10.2 Å². The number of hydrazone groups is 1. The van der Waals surface area contributed by atoms with E-state index in [1.807, 2.05) is 30.3 Å². The predicted molar refractivity (Wildman–Crippen MR) is 87.0 cm³/mol. The van der Waals surface area contributed by atoms with Gasteiger partial charge in [0.1, 0.15) is 0 Å². The molecule has 0 aliphatic rings. The Morgan fingerprint density at radius 1 is 1.27 bits per heavy atom. The molecule has 0 heterocycles. The van der Waals surface area contributed by atoms with Crippen molar-refractivity contribution in [1.82, 2.24) is 0 Å². The van der Waals surface area contributed by atoms with Crippen LogP contribution in [-0.2, 0) is 4.79 Å². The van der Waals surface area contributed by atoms with E-state index in [0.717, 1.165) is 5.69 Å². The second-order valence-corrected chi connectivity index (χ2v) is 4.77. The monoisotopic (exact) mass is 318 g/mol. The zero-order valence-corrected chi connectivity index (χ0v) is 12.9. The number of hydrogen-bond donors (Lipinski definition) is 1. The van der Waals surface area contributed by atoms with Gasteiger partial charge in [0, 0.05) is 6.92 Å². The Morgan fingerprint density at radius 3 is 2.64 bits per heavy atom. The van der Waals surface area contributed by atoms with Crippen LogP contribution in [0.4, 0.5) is 5.69 Å². The van der Waals surface area contributed by atoms with Gasteiger partial charge in [0.25, 0.3) is 0 Å². The van der Waals surface area contributed by atoms with E-state index in [2.05, 4.69) is 10.5 Å². The maximum absolute atomic E-state index is 11.1. The average Bonchev–Trinajstić information content (AvgIpc) is 2.50. The van der Waals surface area contributed by atoms with E-state index >= 15 is 0 Å². The van der Waals surface area contributed by atoms with Crippen LogP contribution in [-0.4, -0.2) is 19.3 Å². The van der Waals surface area contributed by atoms with E-state index in [9.17, 15) is 4.79 Å². The first-order valence-corrected chi connectivity index (χ1v) is 6.88. The second kappa shape index (κ2) is 7.47. The molecule has 0 fully saturated rings. The van der Waals surface area contributed by atoms with Crippen LogP contribution in [0.2, 0.25) is 5.02 Å². The van der Waals surface area contributed by atoms with Gasteiger partial charge < -0.3 is 9.47 Å². The molecule has 114 valence electrons. The third kappa shape index (κ3) is 4.23. The molecule has 22 heavy (non-hydrogen) atoms. The van der Waals surface area contributed by atoms with Gasteiger partial charge in [0.2, 0.25) is 0 Å². The minimum absolute atomic E-state index is 0.199. The topological polar surface area (TPSA) is 59.9 Å². The van der Waals surface area contributed by atoms with Crippen LogP contribution >= 0.6 is 11.6 Å². The van der Waals surface area contributed by atoms with Crippen molar-refractivity contribution < 1.29 is 14.3 Å². The van der Waals surface area contributed by atoms with Crippen molar-refractivity contribution in [2.24, 2.45) is 5.10 Å². The molecule has 0 saturated heterocycles. The molecule has 2 rings (SSSR count). The Kier molecular flexibility index (Phi) is 5.38. The van der Waals surface area contributed by atoms with Gasteiger partial charge in [0.15, 0.2) is 11.5 Å². The Balaban J connectivity index is 2.18. The zero-order valence-electron chi connectivity index (χ0n) is 12.2. The van der Waals surface area contributed by atoms with Gasteiger partial charge >= 0.3 is 5.97 Å². The van der Waals surface area contributed by atoms with Crippen molar-refractivity contribution in [2.45, 2.75) is 6.92 Å². The van der Waals surface area contributed by atoms with Gasteiger partial charge in [-0.1, -0.05) is 29.8 Å². The van der Waals surface area contributed by atoms with E-state index < -0.39 is 5.97 Å². The molecule has 0 aromatic heterocycles. The van der Waals surface area contributed by atoms with Gasteiger partial charge in [0.05, 0.1) is 24.0 Å². The summed E-state index contributed by atoms with van der Waals surface area (Å²) < 4.78 is 10.2. The number of halogens is 1. The lowest BCUT2D eigenvalue weighted by atomic mass is 10.2. The molecule has 0 bridgehead atoms. The van der Waals surface area contributed by atoms with Crippen LogP contribution in [0.1, 0.15) is 12.5 Å². The molecule has 6 heteroatoms. The third-order valence-electron chi connectivity index (χ3n) is 2.68. The number of benzene rings is 2. The average molecular weight is 319 g/mol. The molecule has 0 amide bonds. The Bertz CT molecular complexity index is 687. The van der Waals surface area contributed by atoms with Gasteiger partial charge in [-0.05, 0) is 29.8 Å². The lowest BCUT2D eigenvalue weighted by molar-refractivity contribution is -0.132. The summed E-state index contributed by atoms with van der Waals surface area (Å²) in [5, 5.41) is 4.40. The minimum atomic E-state index is -0.465. The van der Waals surface area contributed by atoms with Crippen molar-refractivity contribution in [3.63, 3.8) is 0 Å². The first-order valence-electron chi connectivity index (χ1n) is 6.50. The van der Waals surface area contributed by atoms with E-state index in [0.29, 0.717) is 11.3 Å². The number of hydrogen-bond acceptors (Lipinski definition) is 5. The van der Waals surface area contributed by atoms with E-state index in [1.54, 1.807) is 18.3 Å². The molecule has 5 nitrogen and oxygen atoms in total. The molecule has 0 aliphatic heterocycles. The summed E-state index contributed by atoms with van der Waals surface area (Å²) in [6.45, 7) is 1.30. The Hall–Kier alpha value is -2.53. The van der Waals surface area contributed by atoms with Crippen LogP contribution in [0.5, 0.6) is 11.5 Å². The van der Waals surface area contributed by atoms with Crippen LogP contribution in [0.25, 0.3) is 0 Å². The number of nitrogens with one attached hydrogen (secondary N) is 1. The van der Waals surface area contributed by atoms with Crippen molar-refractivity contribution in [2.75, 3.05) is 12.5 Å². The number of para-hydroxylation sites is 1. The fourth-order valence-electron chi connectivity index (χ4n) is 1.75. The summed E-state index contributed by atoms with van der Waals surface area (Å²) in [6.07, 6.45) is 1.60. The summed E-state index contributed by atoms with van der Waals surface area (Å²) in [5.41, 5.74) is 4.48. The molecule has 0 atom stereocenters. The van der Waals surface area contributed by atoms with Crippen molar-refractivity contribution >= 4 is 29.5 Å². The normalized spacial score (nSPS) is 10.5. The van der Waals surface area contributed by atoms with Gasteiger partial charge in [-0.15, -0.1) is 0 Å². The number of nitrogens with zero attached hydrogens (tertiary/aromatic N) is 1. The summed E-state index contributed by atoms with van der Waals surface area (Å²) in [6, 6.07) is 12.9. The smallest absolute Gasteiger partial charge is 0.308 e. The van der Waals surface area contributed by atoms with Crippen LogP contribution in [0.3, 0.4) is 0 Å². The quantitative estimate of drug-likeness (QED) is 0.395. The second-order valence-electron chi connectivity index (χ2n) is 4.36. The van der Waals surface area contributed by atoms with Crippen molar-refractivity contribution in [1.29, 1.82) is 0 Å². The molecule has 0 aliphatic carbocycles. The lowest BCUT2D eigenvalue weighted by Crippen LogP contribution is -2.04. The van der Waals surface area contributed by atoms with Gasteiger partial charge in [-0.2, -0.15) is 5.10 Å². The highest BCUT2D eigenvalue weighted by Gasteiger charge is 2.13. The number of carbonyl (C=O) groups excluding carboxylic acids is 1. The van der Waals surface area contributed by atoms with E-state index in [-0.39, 0.29) is 10.8 Å². The van der Waals surface area contributed by atoms with E-state index in [4.69, 9.17) is 21.1 Å². The number of ether oxygens (including phenoxy) is 2. The summed E-state index contributed by atoms with van der Waals surface area (Å²) in [4.78, 5) is 11.1. The fourth-order valence-corrected chi connectivity index (χ4v) is 2.01. The van der Waals surface area contributed by atoms with Gasteiger partial charge in [-0.25, -0.2) is 0 Å². The predicted octanol–water partition coefficient (Wildman–Crippen LogP) is 3.72. The molecule has 0 spiro atoms. The largest absolute Gasteiger partial charge is 0.493 e. The van der Waals surface area contributed by atoms with Crippen LogP contribution < -0.4 is 14.9 Å². The maximum Gasteiger partial charge on any atom is 0.308 e. The number of esters is 1. The molecular formula is C16H15ClN2O3.